The van der Waals surface area contributed by atoms with Crippen molar-refractivity contribution in [3.63, 3.8) is 0 Å². The summed E-state index contributed by atoms with van der Waals surface area (Å²) in [4.78, 5) is 25.8. The molecule has 3 rings (SSSR count). The molecule has 1 aromatic rings. The average molecular weight is 324 g/mol. The molecular formula is C16H22ClN3O2. The van der Waals surface area contributed by atoms with Gasteiger partial charge in [0.05, 0.1) is 5.92 Å². The van der Waals surface area contributed by atoms with Crippen molar-refractivity contribution in [2.75, 3.05) is 16.8 Å². The molecule has 1 heterocycles. The topological polar surface area (TPSA) is 75.4 Å². The van der Waals surface area contributed by atoms with Crippen molar-refractivity contribution in [1.82, 2.24) is 0 Å². The summed E-state index contributed by atoms with van der Waals surface area (Å²) < 4.78 is 0. The lowest BCUT2D eigenvalue weighted by atomic mass is 10.0. The zero-order valence-corrected chi connectivity index (χ0v) is 13.3. The van der Waals surface area contributed by atoms with Crippen molar-refractivity contribution in [3.05, 3.63) is 24.3 Å². The Bertz CT molecular complexity index is 564. The van der Waals surface area contributed by atoms with Crippen LogP contribution in [0.25, 0.3) is 0 Å². The first-order chi connectivity index (χ1) is 10.1. The summed E-state index contributed by atoms with van der Waals surface area (Å²) >= 11 is 0. The maximum absolute atomic E-state index is 12.3. The minimum Gasteiger partial charge on any atom is -0.327 e. The Morgan fingerprint density at radius 3 is 2.73 bits per heavy atom. The quantitative estimate of drug-likeness (QED) is 0.896. The van der Waals surface area contributed by atoms with Crippen LogP contribution < -0.4 is 16.0 Å². The van der Waals surface area contributed by atoms with Crippen LogP contribution >= 0.6 is 12.4 Å². The van der Waals surface area contributed by atoms with Crippen LogP contribution in [-0.4, -0.2) is 24.4 Å². The lowest BCUT2D eigenvalue weighted by Gasteiger charge is -2.18. The molecule has 1 aromatic carbocycles. The molecule has 120 valence electrons. The normalized spacial score (nSPS) is 24.2. The second kappa shape index (κ2) is 7.11. The summed E-state index contributed by atoms with van der Waals surface area (Å²) in [5.41, 5.74) is 7.55. The highest BCUT2D eigenvalue weighted by Gasteiger charge is 2.30. The van der Waals surface area contributed by atoms with Gasteiger partial charge in [0.2, 0.25) is 11.8 Å². The number of benzene rings is 1. The number of carbonyl (C=O) groups is 2. The second-order valence-corrected chi connectivity index (χ2v) is 5.89. The van der Waals surface area contributed by atoms with Crippen molar-refractivity contribution in [2.45, 2.75) is 38.1 Å². The van der Waals surface area contributed by atoms with E-state index < -0.39 is 0 Å². The number of nitrogens with two attached hydrogens (primary N) is 1. The van der Waals surface area contributed by atoms with Gasteiger partial charge in [0.1, 0.15) is 0 Å². The zero-order valence-electron chi connectivity index (χ0n) is 12.5. The highest BCUT2D eigenvalue weighted by atomic mass is 35.5. The van der Waals surface area contributed by atoms with Gasteiger partial charge in [0.25, 0.3) is 0 Å². The first-order valence-electron chi connectivity index (χ1n) is 7.62. The van der Waals surface area contributed by atoms with E-state index in [1.807, 2.05) is 24.3 Å². The summed E-state index contributed by atoms with van der Waals surface area (Å²) in [5, 5.41) is 2.94. The Labute approximate surface area is 136 Å². The van der Waals surface area contributed by atoms with Crippen LogP contribution in [-0.2, 0) is 9.59 Å². The van der Waals surface area contributed by atoms with Crippen molar-refractivity contribution in [3.8, 4) is 0 Å². The molecule has 1 saturated carbocycles. The van der Waals surface area contributed by atoms with Gasteiger partial charge in [-0.15, -0.1) is 12.4 Å². The highest BCUT2D eigenvalue weighted by Crippen LogP contribution is 2.27. The maximum Gasteiger partial charge on any atom is 0.229 e. The Morgan fingerprint density at radius 1 is 1.27 bits per heavy atom. The Kier molecular flexibility index (Phi) is 5.42. The molecule has 0 radical (unpaired) electrons. The van der Waals surface area contributed by atoms with Crippen molar-refractivity contribution in [1.29, 1.82) is 0 Å². The fourth-order valence-corrected chi connectivity index (χ4v) is 3.22. The minimum absolute atomic E-state index is 0. The fourth-order valence-electron chi connectivity index (χ4n) is 3.22. The molecule has 0 spiro atoms. The first kappa shape index (κ1) is 16.8. The van der Waals surface area contributed by atoms with Gasteiger partial charge in [-0.3, -0.25) is 9.59 Å². The third-order valence-corrected chi connectivity index (χ3v) is 4.40. The molecule has 0 bridgehead atoms. The monoisotopic (exact) mass is 323 g/mol. The zero-order chi connectivity index (χ0) is 14.8. The number of nitrogens with one attached hydrogen (secondary N) is 1. The average Bonchev–Trinajstić information content (AvgIpc) is 3.07. The summed E-state index contributed by atoms with van der Waals surface area (Å²) in [5.74, 6) is 0.0447. The summed E-state index contributed by atoms with van der Waals surface area (Å²) in [6.07, 6.45) is 4.29. The van der Waals surface area contributed by atoms with E-state index in [0.29, 0.717) is 6.42 Å². The summed E-state index contributed by atoms with van der Waals surface area (Å²) in [6, 6.07) is 7.45. The molecule has 1 saturated heterocycles. The summed E-state index contributed by atoms with van der Waals surface area (Å²) in [7, 11) is 0. The van der Waals surface area contributed by atoms with Gasteiger partial charge in [0, 0.05) is 30.4 Å². The van der Waals surface area contributed by atoms with Crippen molar-refractivity contribution >= 4 is 35.6 Å². The molecule has 1 aliphatic heterocycles. The standard InChI is InChI=1S/C16H21N3O2.ClH/c17-14-7-2-6-13(14)16(21)18-11-4-1-5-12(10-11)19-9-3-8-15(19)20;/h1,4-5,10,13-14H,2-3,6-9,17H2,(H,18,21);1H. The molecule has 2 amide bonds. The number of carbonyl (C=O) groups excluding carboxylic acids is 2. The molecule has 5 nitrogen and oxygen atoms in total. The molecular weight excluding hydrogens is 302 g/mol. The van der Waals surface area contributed by atoms with Gasteiger partial charge < -0.3 is 16.0 Å². The first-order valence-corrected chi connectivity index (χ1v) is 7.62. The van der Waals surface area contributed by atoms with E-state index >= 15 is 0 Å². The Balaban J connectivity index is 0.00000176. The van der Waals surface area contributed by atoms with Gasteiger partial charge in [-0.2, -0.15) is 0 Å². The maximum atomic E-state index is 12.3. The third-order valence-electron chi connectivity index (χ3n) is 4.40. The number of hydrogen-bond donors (Lipinski definition) is 2. The molecule has 0 aromatic heterocycles. The molecule has 2 unspecified atom stereocenters. The van der Waals surface area contributed by atoms with E-state index in [9.17, 15) is 9.59 Å². The van der Waals surface area contributed by atoms with Crippen molar-refractivity contribution < 1.29 is 9.59 Å². The van der Waals surface area contributed by atoms with E-state index in [2.05, 4.69) is 5.32 Å². The molecule has 2 aliphatic rings. The van der Waals surface area contributed by atoms with E-state index in [-0.39, 0.29) is 36.2 Å². The number of halogens is 1. The van der Waals surface area contributed by atoms with E-state index in [4.69, 9.17) is 5.73 Å². The molecule has 6 heteroatoms. The van der Waals surface area contributed by atoms with Crippen LogP contribution in [0.5, 0.6) is 0 Å². The lowest BCUT2D eigenvalue weighted by Crippen LogP contribution is -2.34. The number of nitrogens with zero attached hydrogens (tertiary/aromatic N) is 1. The van der Waals surface area contributed by atoms with Gasteiger partial charge >= 0.3 is 0 Å². The number of hydrogen-bond acceptors (Lipinski definition) is 3. The molecule has 3 N–H and O–H groups in total. The molecule has 22 heavy (non-hydrogen) atoms. The lowest BCUT2D eigenvalue weighted by molar-refractivity contribution is -0.120. The predicted molar refractivity (Wildman–Crippen MR) is 89.2 cm³/mol. The minimum atomic E-state index is -0.0953. The number of rotatable bonds is 3. The van der Waals surface area contributed by atoms with Gasteiger partial charge in [0.15, 0.2) is 0 Å². The fraction of sp³-hybridized carbons (Fsp3) is 0.500. The van der Waals surface area contributed by atoms with Gasteiger partial charge in [-0.1, -0.05) is 12.5 Å². The van der Waals surface area contributed by atoms with Crippen LogP contribution in [0.4, 0.5) is 11.4 Å². The van der Waals surface area contributed by atoms with Crippen LogP contribution in [0.2, 0.25) is 0 Å². The van der Waals surface area contributed by atoms with Crippen LogP contribution in [0.15, 0.2) is 24.3 Å². The Hall–Kier alpha value is -1.59. The van der Waals surface area contributed by atoms with Crippen LogP contribution in [0, 0.1) is 5.92 Å². The van der Waals surface area contributed by atoms with Crippen molar-refractivity contribution in [2.24, 2.45) is 11.7 Å². The van der Waals surface area contributed by atoms with E-state index in [1.165, 1.54) is 0 Å². The largest absolute Gasteiger partial charge is 0.327 e. The second-order valence-electron chi connectivity index (χ2n) is 5.89. The summed E-state index contributed by atoms with van der Waals surface area (Å²) in [6.45, 7) is 0.754. The molecule has 2 atom stereocenters. The Morgan fingerprint density at radius 2 is 2.09 bits per heavy atom. The van der Waals surface area contributed by atoms with E-state index in [1.54, 1.807) is 4.90 Å². The number of anilines is 2. The molecule has 2 fully saturated rings. The SMILES string of the molecule is Cl.NC1CCCC1C(=O)Nc1cccc(N2CCCC2=O)c1. The third kappa shape index (κ3) is 3.42. The van der Waals surface area contributed by atoms with Gasteiger partial charge in [-0.25, -0.2) is 0 Å². The highest BCUT2D eigenvalue weighted by molar-refractivity contribution is 5.97. The smallest absolute Gasteiger partial charge is 0.229 e. The number of amides is 2. The van der Waals surface area contributed by atoms with Crippen LogP contribution in [0.3, 0.4) is 0 Å². The van der Waals surface area contributed by atoms with Crippen LogP contribution in [0.1, 0.15) is 32.1 Å². The van der Waals surface area contributed by atoms with E-state index in [0.717, 1.165) is 43.6 Å². The van der Waals surface area contributed by atoms with Gasteiger partial charge in [-0.05, 0) is 37.5 Å². The molecule has 1 aliphatic carbocycles. The predicted octanol–water partition coefficient (Wildman–Crippen LogP) is 2.30.